The number of nitrogens with zero attached hydrogens (tertiary/aromatic N) is 2. The predicted molar refractivity (Wildman–Crippen MR) is 87.2 cm³/mol. The Morgan fingerprint density at radius 3 is 2.22 bits per heavy atom. The van der Waals surface area contributed by atoms with Crippen LogP contribution >= 0.6 is 0 Å². The van der Waals surface area contributed by atoms with E-state index in [0.717, 1.165) is 30.6 Å². The second-order valence-corrected chi connectivity index (χ2v) is 6.33. The first-order valence-corrected chi connectivity index (χ1v) is 8.37. The summed E-state index contributed by atoms with van der Waals surface area (Å²) in [5, 5.41) is 0. The van der Waals surface area contributed by atoms with Crippen molar-refractivity contribution in [2.75, 3.05) is 33.3 Å². The molecule has 1 saturated carbocycles. The number of carbonyl (C=O) groups excluding carboxylic acids is 2. The van der Waals surface area contributed by atoms with Crippen molar-refractivity contribution in [1.29, 1.82) is 0 Å². The van der Waals surface area contributed by atoms with Gasteiger partial charge in [0.2, 0.25) is 11.8 Å². The molecule has 1 aliphatic carbocycles. The highest BCUT2D eigenvalue weighted by Gasteiger charge is 2.35. The molecule has 1 aliphatic heterocycles. The number of benzene rings is 1. The van der Waals surface area contributed by atoms with Gasteiger partial charge in [0.15, 0.2) is 0 Å². The number of piperazine rings is 1. The van der Waals surface area contributed by atoms with Crippen LogP contribution in [0.3, 0.4) is 0 Å². The largest absolute Gasteiger partial charge is 0.497 e. The van der Waals surface area contributed by atoms with Gasteiger partial charge < -0.3 is 14.5 Å². The molecule has 3 rings (SSSR count). The fraction of sp³-hybridized carbons (Fsp3) is 0.556. The van der Waals surface area contributed by atoms with E-state index in [0.29, 0.717) is 32.6 Å². The van der Waals surface area contributed by atoms with Crippen molar-refractivity contribution in [3.05, 3.63) is 29.8 Å². The zero-order chi connectivity index (χ0) is 16.2. The Balaban J connectivity index is 1.42. The highest BCUT2D eigenvalue weighted by Crippen LogP contribution is 2.31. The molecular formula is C18H24N2O3. The summed E-state index contributed by atoms with van der Waals surface area (Å²) in [4.78, 5) is 28.1. The molecule has 0 aromatic heterocycles. The van der Waals surface area contributed by atoms with Gasteiger partial charge in [-0.2, -0.15) is 0 Å². The minimum absolute atomic E-state index is 0.180. The van der Waals surface area contributed by atoms with E-state index >= 15 is 0 Å². The summed E-state index contributed by atoms with van der Waals surface area (Å²) in [5.74, 6) is 1.57. The Bertz CT molecular complexity index is 558. The van der Waals surface area contributed by atoms with Crippen LogP contribution in [-0.4, -0.2) is 54.9 Å². The van der Waals surface area contributed by atoms with Gasteiger partial charge in [-0.25, -0.2) is 0 Å². The number of rotatable bonds is 5. The van der Waals surface area contributed by atoms with E-state index < -0.39 is 0 Å². The topological polar surface area (TPSA) is 49.9 Å². The first-order chi connectivity index (χ1) is 11.2. The van der Waals surface area contributed by atoms with E-state index in [-0.39, 0.29) is 17.7 Å². The zero-order valence-corrected chi connectivity index (χ0v) is 13.7. The molecule has 124 valence electrons. The molecule has 0 radical (unpaired) electrons. The van der Waals surface area contributed by atoms with Gasteiger partial charge in [-0.15, -0.1) is 0 Å². The molecule has 0 bridgehead atoms. The Labute approximate surface area is 137 Å². The standard InChI is InChI=1S/C18H24N2O3/c1-23-16-7-2-14(3-8-16)4-9-17(21)19-10-12-20(13-11-19)18(22)15-5-6-15/h2-3,7-8,15H,4-6,9-13H2,1H3. The van der Waals surface area contributed by atoms with Crippen molar-refractivity contribution in [3.8, 4) is 5.75 Å². The fourth-order valence-electron chi connectivity index (χ4n) is 2.97. The molecule has 0 unspecified atom stereocenters. The average molecular weight is 316 g/mol. The van der Waals surface area contributed by atoms with Crippen molar-refractivity contribution in [3.63, 3.8) is 0 Å². The normalized spacial score (nSPS) is 18.0. The van der Waals surface area contributed by atoms with Crippen LogP contribution in [0.2, 0.25) is 0 Å². The van der Waals surface area contributed by atoms with Gasteiger partial charge in [-0.05, 0) is 37.0 Å². The van der Waals surface area contributed by atoms with Crippen LogP contribution in [0.1, 0.15) is 24.8 Å². The van der Waals surface area contributed by atoms with E-state index in [1.807, 2.05) is 34.1 Å². The summed E-state index contributed by atoms with van der Waals surface area (Å²) in [6.07, 6.45) is 3.34. The second kappa shape index (κ2) is 7.02. The highest BCUT2D eigenvalue weighted by molar-refractivity contribution is 5.82. The Hall–Kier alpha value is -2.04. The molecule has 2 aliphatic rings. The third-order valence-corrected chi connectivity index (χ3v) is 4.66. The molecule has 23 heavy (non-hydrogen) atoms. The third kappa shape index (κ3) is 4.03. The van der Waals surface area contributed by atoms with Gasteiger partial charge in [0.1, 0.15) is 5.75 Å². The zero-order valence-electron chi connectivity index (χ0n) is 13.7. The molecule has 0 N–H and O–H groups in total. The summed E-state index contributed by atoms with van der Waals surface area (Å²) in [7, 11) is 1.64. The first-order valence-electron chi connectivity index (χ1n) is 8.37. The lowest BCUT2D eigenvalue weighted by Gasteiger charge is -2.35. The van der Waals surface area contributed by atoms with Crippen molar-refractivity contribution in [1.82, 2.24) is 9.80 Å². The van der Waals surface area contributed by atoms with Crippen LogP contribution in [0.15, 0.2) is 24.3 Å². The number of hydrogen-bond donors (Lipinski definition) is 0. The molecule has 1 heterocycles. The van der Waals surface area contributed by atoms with Crippen LogP contribution < -0.4 is 4.74 Å². The molecule has 1 aromatic carbocycles. The Morgan fingerprint density at radius 2 is 1.65 bits per heavy atom. The SMILES string of the molecule is COc1ccc(CCC(=O)N2CCN(C(=O)C3CC3)CC2)cc1. The summed E-state index contributed by atoms with van der Waals surface area (Å²) in [5.41, 5.74) is 1.14. The Morgan fingerprint density at radius 1 is 1.04 bits per heavy atom. The summed E-state index contributed by atoms with van der Waals surface area (Å²) < 4.78 is 5.13. The second-order valence-electron chi connectivity index (χ2n) is 6.33. The molecule has 5 heteroatoms. The number of hydrogen-bond acceptors (Lipinski definition) is 3. The molecule has 0 atom stereocenters. The lowest BCUT2D eigenvalue weighted by Crippen LogP contribution is -2.51. The van der Waals surface area contributed by atoms with Crippen LogP contribution in [-0.2, 0) is 16.0 Å². The van der Waals surface area contributed by atoms with E-state index in [4.69, 9.17) is 4.74 Å². The predicted octanol–water partition coefficient (Wildman–Crippen LogP) is 1.71. The lowest BCUT2D eigenvalue weighted by atomic mass is 10.1. The average Bonchev–Trinajstić information content (AvgIpc) is 3.44. The van der Waals surface area contributed by atoms with E-state index in [9.17, 15) is 9.59 Å². The van der Waals surface area contributed by atoms with Crippen LogP contribution in [0.4, 0.5) is 0 Å². The van der Waals surface area contributed by atoms with Crippen molar-refractivity contribution >= 4 is 11.8 Å². The van der Waals surface area contributed by atoms with Crippen molar-refractivity contribution in [2.45, 2.75) is 25.7 Å². The number of ether oxygens (including phenoxy) is 1. The molecule has 0 spiro atoms. The molecule has 1 saturated heterocycles. The Kier molecular flexibility index (Phi) is 4.84. The maximum atomic E-state index is 12.3. The minimum atomic E-state index is 0.180. The maximum Gasteiger partial charge on any atom is 0.225 e. The van der Waals surface area contributed by atoms with Gasteiger partial charge in [0.25, 0.3) is 0 Å². The molecule has 2 fully saturated rings. The van der Waals surface area contributed by atoms with E-state index in [1.165, 1.54) is 0 Å². The molecule has 2 amide bonds. The van der Waals surface area contributed by atoms with Crippen molar-refractivity contribution < 1.29 is 14.3 Å². The van der Waals surface area contributed by atoms with E-state index in [2.05, 4.69) is 0 Å². The lowest BCUT2D eigenvalue weighted by molar-refractivity contribution is -0.140. The first kappa shape index (κ1) is 15.8. The molecule has 1 aromatic rings. The quantitative estimate of drug-likeness (QED) is 0.831. The number of carbonyl (C=O) groups is 2. The maximum absolute atomic E-state index is 12.3. The minimum Gasteiger partial charge on any atom is -0.497 e. The van der Waals surface area contributed by atoms with Gasteiger partial charge in [-0.1, -0.05) is 12.1 Å². The van der Waals surface area contributed by atoms with Crippen LogP contribution in [0.5, 0.6) is 5.75 Å². The smallest absolute Gasteiger partial charge is 0.225 e. The summed E-state index contributed by atoms with van der Waals surface area (Å²) in [6, 6.07) is 7.83. The van der Waals surface area contributed by atoms with Gasteiger partial charge in [0.05, 0.1) is 7.11 Å². The van der Waals surface area contributed by atoms with Gasteiger partial charge >= 0.3 is 0 Å². The highest BCUT2D eigenvalue weighted by atomic mass is 16.5. The number of amides is 2. The molecule has 5 nitrogen and oxygen atoms in total. The number of aryl methyl sites for hydroxylation is 1. The molecular weight excluding hydrogens is 292 g/mol. The summed E-state index contributed by atoms with van der Waals surface area (Å²) >= 11 is 0. The van der Waals surface area contributed by atoms with Crippen LogP contribution in [0.25, 0.3) is 0 Å². The monoisotopic (exact) mass is 316 g/mol. The van der Waals surface area contributed by atoms with Gasteiger partial charge in [-0.3, -0.25) is 9.59 Å². The van der Waals surface area contributed by atoms with Crippen molar-refractivity contribution in [2.24, 2.45) is 5.92 Å². The van der Waals surface area contributed by atoms with Gasteiger partial charge in [0, 0.05) is 38.5 Å². The summed E-state index contributed by atoms with van der Waals surface area (Å²) in [6.45, 7) is 2.70. The third-order valence-electron chi connectivity index (χ3n) is 4.66. The number of methoxy groups -OCH3 is 1. The fourth-order valence-corrected chi connectivity index (χ4v) is 2.97. The van der Waals surface area contributed by atoms with E-state index in [1.54, 1.807) is 7.11 Å². The van der Waals surface area contributed by atoms with Crippen LogP contribution in [0, 0.1) is 5.92 Å².